The summed E-state index contributed by atoms with van der Waals surface area (Å²) in [5, 5.41) is 6.91. The molecule has 2 aromatic rings. The highest BCUT2D eigenvalue weighted by atomic mass is 32.2. The molecule has 4 aliphatic carbocycles. The van der Waals surface area contributed by atoms with Crippen LogP contribution in [-0.2, 0) is 9.59 Å². The number of hydrogen-bond acceptors (Lipinski definition) is 4. The van der Waals surface area contributed by atoms with Gasteiger partial charge in [0.15, 0.2) is 0 Å². The van der Waals surface area contributed by atoms with Crippen LogP contribution in [0.3, 0.4) is 0 Å². The summed E-state index contributed by atoms with van der Waals surface area (Å²) in [4.78, 5) is 29.8. The summed E-state index contributed by atoms with van der Waals surface area (Å²) in [6.45, 7) is 0. The van der Waals surface area contributed by atoms with E-state index < -0.39 is 0 Å². The van der Waals surface area contributed by atoms with Crippen molar-refractivity contribution < 1.29 is 9.59 Å². The molecule has 1 aromatic carbocycles. The van der Waals surface area contributed by atoms with Gasteiger partial charge in [-0.15, -0.1) is 0 Å². The zero-order chi connectivity index (χ0) is 20.6. The largest absolute Gasteiger partial charge is 0.326 e. The molecule has 156 valence electrons. The molecular weight excluding hydrogens is 394 g/mol. The zero-order valence-corrected chi connectivity index (χ0v) is 17.8. The molecule has 30 heavy (non-hydrogen) atoms. The first kappa shape index (κ1) is 19.6. The fraction of sp³-hybridized carbons (Fsp3) is 0.458. The number of aromatic nitrogens is 1. The molecule has 2 N–H and O–H groups in total. The summed E-state index contributed by atoms with van der Waals surface area (Å²) in [6, 6.07) is 13.1. The topological polar surface area (TPSA) is 71.1 Å². The van der Waals surface area contributed by atoms with Gasteiger partial charge in [0.25, 0.3) is 0 Å². The monoisotopic (exact) mass is 421 g/mol. The highest BCUT2D eigenvalue weighted by Gasteiger charge is 2.54. The van der Waals surface area contributed by atoms with E-state index in [-0.39, 0.29) is 17.2 Å². The van der Waals surface area contributed by atoms with Gasteiger partial charge in [-0.2, -0.15) is 0 Å². The first-order chi connectivity index (χ1) is 14.6. The van der Waals surface area contributed by atoms with Gasteiger partial charge in [-0.1, -0.05) is 23.9 Å². The molecule has 6 heteroatoms. The van der Waals surface area contributed by atoms with Crippen molar-refractivity contribution in [3.05, 3.63) is 48.7 Å². The number of anilines is 2. The summed E-state index contributed by atoms with van der Waals surface area (Å²) in [6.07, 6.45) is 8.83. The number of nitrogens with zero attached hydrogens (tertiary/aromatic N) is 1. The van der Waals surface area contributed by atoms with Crippen molar-refractivity contribution in [1.29, 1.82) is 0 Å². The SMILES string of the molecule is O=C(CSc1ccccn1)Nc1cccc(NC(=O)C23CC4CC(CC(C4)C2)C3)c1. The van der Waals surface area contributed by atoms with E-state index in [0.29, 0.717) is 11.4 Å². The van der Waals surface area contributed by atoms with Crippen molar-refractivity contribution >= 4 is 35.0 Å². The number of pyridine rings is 1. The number of hydrogen-bond donors (Lipinski definition) is 2. The van der Waals surface area contributed by atoms with E-state index in [0.717, 1.165) is 47.7 Å². The second-order valence-electron chi connectivity index (χ2n) is 9.24. The van der Waals surface area contributed by atoms with Crippen LogP contribution < -0.4 is 10.6 Å². The van der Waals surface area contributed by atoms with Gasteiger partial charge in [-0.3, -0.25) is 9.59 Å². The average molecular weight is 422 g/mol. The molecule has 1 heterocycles. The minimum Gasteiger partial charge on any atom is -0.326 e. The predicted molar refractivity (Wildman–Crippen MR) is 119 cm³/mol. The summed E-state index contributed by atoms with van der Waals surface area (Å²) in [5.41, 5.74) is 1.28. The van der Waals surface area contributed by atoms with Crippen LogP contribution in [0.5, 0.6) is 0 Å². The molecule has 4 fully saturated rings. The van der Waals surface area contributed by atoms with E-state index in [1.165, 1.54) is 31.0 Å². The van der Waals surface area contributed by atoms with Crippen molar-refractivity contribution in [3.63, 3.8) is 0 Å². The first-order valence-corrected chi connectivity index (χ1v) is 11.8. The number of nitrogens with one attached hydrogen (secondary N) is 2. The molecule has 0 radical (unpaired) electrons. The summed E-state index contributed by atoms with van der Waals surface area (Å²) < 4.78 is 0. The quantitative estimate of drug-likeness (QED) is 0.646. The first-order valence-electron chi connectivity index (χ1n) is 10.8. The zero-order valence-electron chi connectivity index (χ0n) is 17.0. The Bertz CT molecular complexity index is 911. The summed E-state index contributed by atoms with van der Waals surface area (Å²) >= 11 is 1.40. The van der Waals surface area contributed by atoms with Crippen LogP contribution >= 0.6 is 11.8 Å². The van der Waals surface area contributed by atoms with Crippen LogP contribution in [0.2, 0.25) is 0 Å². The molecule has 0 unspecified atom stereocenters. The van der Waals surface area contributed by atoms with Gasteiger partial charge in [0.1, 0.15) is 0 Å². The summed E-state index contributed by atoms with van der Waals surface area (Å²) in [5.74, 6) is 2.60. The molecule has 4 bridgehead atoms. The van der Waals surface area contributed by atoms with Crippen molar-refractivity contribution in [3.8, 4) is 0 Å². The number of rotatable bonds is 6. The number of benzene rings is 1. The molecule has 6 rings (SSSR count). The number of carbonyl (C=O) groups excluding carboxylic acids is 2. The molecule has 0 saturated heterocycles. The van der Waals surface area contributed by atoms with Crippen molar-refractivity contribution in [2.45, 2.75) is 43.6 Å². The molecule has 2 amide bonds. The van der Waals surface area contributed by atoms with Crippen molar-refractivity contribution in [1.82, 2.24) is 4.98 Å². The van der Waals surface area contributed by atoms with Crippen LogP contribution in [0, 0.1) is 23.2 Å². The Kier molecular flexibility index (Phi) is 5.27. The van der Waals surface area contributed by atoms with Gasteiger partial charge in [0, 0.05) is 17.6 Å². The molecule has 0 atom stereocenters. The van der Waals surface area contributed by atoms with Gasteiger partial charge >= 0.3 is 0 Å². The number of thioether (sulfide) groups is 1. The third-order valence-corrected chi connectivity index (χ3v) is 7.86. The minimum atomic E-state index is -0.173. The fourth-order valence-corrected chi connectivity index (χ4v) is 6.76. The standard InChI is InChI=1S/C24H27N3O2S/c28-21(15-30-22-6-1-2-7-25-22)26-19-4-3-5-20(11-19)27-23(29)24-12-16-8-17(13-24)10-18(9-16)14-24/h1-7,11,16-18H,8-10,12-15H2,(H,26,28)(H,27,29). The normalized spacial score (nSPS) is 28.9. The van der Waals surface area contributed by atoms with Gasteiger partial charge in [0.05, 0.1) is 16.2 Å². The van der Waals surface area contributed by atoms with E-state index in [1.807, 2.05) is 42.5 Å². The molecule has 5 nitrogen and oxygen atoms in total. The smallest absolute Gasteiger partial charge is 0.234 e. The molecular formula is C24H27N3O2S. The highest BCUT2D eigenvalue weighted by Crippen LogP contribution is 2.60. The Morgan fingerprint density at radius 1 is 0.933 bits per heavy atom. The number of amides is 2. The van der Waals surface area contributed by atoms with Crippen LogP contribution in [0.4, 0.5) is 11.4 Å². The van der Waals surface area contributed by atoms with E-state index >= 15 is 0 Å². The third kappa shape index (κ3) is 4.10. The van der Waals surface area contributed by atoms with Crippen LogP contribution in [0.25, 0.3) is 0 Å². The molecule has 1 aromatic heterocycles. The van der Waals surface area contributed by atoms with E-state index in [2.05, 4.69) is 15.6 Å². The van der Waals surface area contributed by atoms with Crippen molar-refractivity contribution in [2.75, 3.05) is 16.4 Å². The maximum absolute atomic E-state index is 13.3. The molecule has 4 aliphatic rings. The molecule has 0 spiro atoms. The predicted octanol–water partition coefficient (Wildman–Crippen LogP) is 4.97. The average Bonchev–Trinajstić information content (AvgIpc) is 2.72. The fourth-order valence-electron chi connectivity index (χ4n) is 6.10. The highest BCUT2D eigenvalue weighted by molar-refractivity contribution is 7.99. The van der Waals surface area contributed by atoms with Gasteiger partial charge in [-0.25, -0.2) is 4.98 Å². The van der Waals surface area contributed by atoms with Crippen molar-refractivity contribution in [2.24, 2.45) is 23.2 Å². The molecule has 4 saturated carbocycles. The lowest BCUT2D eigenvalue weighted by Gasteiger charge is -2.55. The summed E-state index contributed by atoms with van der Waals surface area (Å²) in [7, 11) is 0. The maximum atomic E-state index is 13.3. The Balaban J connectivity index is 1.20. The van der Waals surface area contributed by atoms with Crippen LogP contribution in [0.1, 0.15) is 38.5 Å². The lowest BCUT2D eigenvalue weighted by molar-refractivity contribution is -0.140. The van der Waals surface area contributed by atoms with E-state index in [1.54, 1.807) is 6.20 Å². The minimum absolute atomic E-state index is 0.0878. The number of carbonyl (C=O) groups is 2. The van der Waals surface area contributed by atoms with Crippen LogP contribution in [0.15, 0.2) is 53.7 Å². The second-order valence-corrected chi connectivity index (χ2v) is 10.2. The van der Waals surface area contributed by atoms with Gasteiger partial charge < -0.3 is 10.6 Å². The lowest BCUT2D eigenvalue weighted by Crippen LogP contribution is -2.51. The van der Waals surface area contributed by atoms with Gasteiger partial charge in [0.2, 0.25) is 11.8 Å². The van der Waals surface area contributed by atoms with Gasteiger partial charge in [-0.05, 0) is 86.6 Å². The van der Waals surface area contributed by atoms with E-state index in [4.69, 9.17) is 0 Å². The Morgan fingerprint density at radius 3 is 2.23 bits per heavy atom. The third-order valence-electron chi connectivity index (χ3n) is 6.91. The maximum Gasteiger partial charge on any atom is 0.234 e. The van der Waals surface area contributed by atoms with E-state index in [9.17, 15) is 9.59 Å². The molecule has 0 aliphatic heterocycles. The Hall–Kier alpha value is -2.34. The lowest BCUT2D eigenvalue weighted by atomic mass is 9.49. The Labute approximate surface area is 181 Å². The Morgan fingerprint density at radius 2 is 1.60 bits per heavy atom. The second kappa shape index (κ2) is 8.06. The van der Waals surface area contributed by atoms with Crippen LogP contribution in [-0.4, -0.2) is 22.6 Å².